The van der Waals surface area contributed by atoms with Gasteiger partial charge in [0.25, 0.3) is 0 Å². The fourth-order valence-electron chi connectivity index (χ4n) is 3.89. The molecule has 5 N–H and O–H groups in total. The minimum atomic E-state index is -2.89. The smallest absolute Gasteiger partial charge is 0.327 e. The first-order valence-corrected chi connectivity index (χ1v) is 12.5. The van der Waals surface area contributed by atoms with Crippen molar-refractivity contribution in [3.05, 3.63) is 53.4 Å². The normalized spacial score (nSPS) is 22.9. The van der Waals surface area contributed by atoms with Crippen molar-refractivity contribution in [1.29, 1.82) is 0 Å². The summed E-state index contributed by atoms with van der Waals surface area (Å²) in [6.45, 7) is 4.05. The Hall–Kier alpha value is -2.40. The number of sulfone groups is 1. The van der Waals surface area contributed by atoms with Crippen LogP contribution in [-0.4, -0.2) is 69.7 Å². The van der Waals surface area contributed by atoms with Crippen molar-refractivity contribution in [3.8, 4) is 0 Å². The van der Waals surface area contributed by atoms with Crippen molar-refractivity contribution in [3.63, 3.8) is 0 Å². The van der Waals surface area contributed by atoms with Gasteiger partial charge >= 0.3 is 6.03 Å². The van der Waals surface area contributed by atoms with Crippen molar-refractivity contribution in [2.24, 2.45) is 5.73 Å². The average Bonchev–Trinajstić information content (AvgIpc) is 3.14. The van der Waals surface area contributed by atoms with Crippen LogP contribution in [0.2, 0.25) is 0 Å². The topological polar surface area (TPSA) is 120 Å². The number of hydrogen-bond donors (Lipinski definition) is 4. The maximum absolute atomic E-state index is 12.6. The third-order valence-electron chi connectivity index (χ3n) is 5.70. The van der Waals surface area contributed by atoms with E-state index < -0.39 is 9.84 Å². The Bertz CT molecular complexity index is 959. The molecular formula is C21H30N6O3S. The van der Waals surface area contributed by atoms with Gasteiger partial charge in [-0.3, -0.25) is 9.80 Å². The minimum absolute atomic E-state index is 0.186. The molecule has 1 aromatic carbocycles. The number of nitrogens with one attached hydrogen (secondary N) is 3. The van der Waals surface area contributed by atoms with E-state index in [1.807, 2.05) is 36.5 Å². The maximum atomic E-state index is 12.6. The number of urea groups is 1. The van der Waals surface area contributed by atoms with Crippen LogP contribution in [0.4, 0.5) is 10.5 Å². The zero-order valence-corrected chi connectivity index (χ0v) is 18.3. The van der Waals surface area contributed by atoms with Crippen LogP contribution in [0, 0.1) is 0 Å². The lowest BCUT2D eigenvalue weighted by Gasteiger charge is -2.30. The van der Waals surface area contributed by atoms with Gasteiger partial charge in [0.2, 0.25) is 0 Å². The summed E-state index contributed by atoms with van der Waals surface area (Å²) in [6.07, 6.45) is 4.59. The number of carbonyl (C=O) groups is 1. The van der Waals surface area contributed by atoms with Crippen LogP contribution < -0.4 is 26.6 Å². The predicted molar refractivity (Wildman–Crippen MR) is 121 cm³/mol. The summed E-state index contributed by atoms with van der Waals surface area (Å²) >= 11 is 0. The summed E-state index contributed by atoms with van der Waals surface area (Å²) in [6, 6.07) is 7.73. The van der Waals surface area contributed by atoms with Crippen LogP contribution in [-0.2, 0) is 16.4 Å². The van der Waals surface area contributed by atoms with E-state index >= 15 is 0 Å². The molecule has 9 nitrogen and oxygen atoms in total. The number of benzene rings is 1. The highest BCUT2D eigenvalue weighted by atomic mass is 32.2. The molecule has 0 spiro atoms. The van der Waals surface area contributed by atoms with Crippen molar-refractivity contribution < 1.29 is 13.2 Å². The van der Waals surface area contributed by atoms with Crippen LogP contribution >= 0.6 is 0 Å². The molecule has 0 bridgehead atoms. The molecule has 3 heterocycles. The quantitative estimate of drug-likeness (QED) is 0.418. The summed E-state index contributed by atoms with van der Waals surface area (Å²) in [7, 11) is -2.89. The molecule has 2 amide bonds. The van der Waals surface area contributed by atoms with E-state index in [9.17, 15) is 13.2 Å². The molecule has 1 atom stereocenters. The monoisotopic (exact) mass is 446 g/mol. The molecular weight excluding hydrogens is 416 g/mol. The number of nitrogens with zero attached hydrogens (tertiary/aromatic N) is 2. The number of hydrogen-bond acceptors (Lipinski definition) is 7. The fraction of sp³-hybridized carbons (Fsp3) is 0.476. The van der Waals surface area contributed by atoms with E-state index in [1.165, 1.54) is 0 Å². The highest BCUT2D eigenvalue weighted by molar-refractivity contribution is 7.91. The molecule has 168 valence electrons. The molecule has 1 fully saturated rings. The van der Waals surface area contributed by atoms with Crippen molar-refractivity contribution in [2.45, 2.75) is 19.1 Å². The lowest BCUT2D eigenvalue weighted by Crippen LogP contribution is -2.52. The molecule has 4 rings (SSSR count). The fourth-order valence-corrected chi connectivity index (χ4v) is 5.17. The first kappa shape index (κ1) is 21.8. The Kier molecular flexibility index (Phi) is 6.61. The lowest BCUT2D eigenvalue weighted by molar-refractivity contribution is 0.243. The third-order valence-corrected chi connectivity index (χ3v) is 7.31. The maximum Gasteiger partial charge on any atom is 0.327 e. The summed E-state index contributed by atoms with van der Waals surface area (Å²) < 4.78 is 23.2. The third kappa shape index (κ3) is 5.45. The molecule has 0 radical (unpaired) electrons. The summed E-state index contributed by atoms with van der Waals surface area (Å²) in [5, 5.41) is 9.66. The first-order valence-electron chi connectivity index (χ1n) is 10.6. The second-order valence-corrected chi connectivity index (χ2v) is 10.4. The zero-order chi connectivity index (χ0) is 21.8. The van der Waals surface area contributed by atoms with Gasteiger partial charge in [-0.05, 0) is 43.3 Å². The van der Waals surface area contributed by atoms with Gasteiger partial charge in [0.1, 0.15) is 6.17 Å². The zero-order valence-electron chi connectivity index (χ0n) is 17.5. The van der Waals surface area contributed by atoms with Gasteiger partial charge in [-0.15, -0.1) is 0 Å². The van der Waals surface area contributed by atoms with E-state index in [1.54, 1.807) is 4.90 Å². The number of amides is 2. The van der Waals surface area contributed by atoms with Gasteiger partial charge in [-0.25, -0.2) is 13.2 Å². The Morgan fingerprint density at radius 1 is 1.13 bits per heavy atom. The van der Waals surface area contributed by atoms with E-state index in [0.717, 1.165) is 42.0 Å². The Balaban J connectivity index is 1.38. The van der Waals surface area contributed by atoms with E-state index in [2.05, 4.69) is 20.9 Å². The first-order chi connectivity index (χ1) is 14.9. The molecule has 1 saturated heterocycles. The van der Waals surface area contributed by atoms with E-state index in [0.29, 0.717) is 26.2 Å². The summed E-state index contributed by atoms with van der Waals surface area (Å²) in [5.74, 6) is 0.408. The summed E-state index contributed by atoms with van der Waals surface area (Å²) in [4.78, 5) is 16.4. The van der Waals surface area contributed by atoms with Gasteiger partial charge in [-0.1, -0.05) is 12.1 Å². The van der Waals surface area contributed by atoms with Gasteiger partial charge in [-0.2, -0.15) is 0 Å². The van der Waals surface area contributed by atoms with Gasteiger partial charge in [0.05, 0.1) is 17.2 Å². The van der Waals surface area contributed by atoms with Crippen molar-refractivity contribution in [1.82, 2.24) is 20.9 Å². The van der Waals surface area contributed by atoms with Gasteiger partial charge in [0, 0.05) is 43.6 Å². The standard InChI is InChI=1S/C21H30N6O3S/c22-6-1-7-23-13-16-2-4-19(5-3-16)27-14-17-12-18(24-20(17)25-21(27)28)15-26-8-10-31(29,30)11-9-26/h2-5,12,14,20,23-24H,1,6-11,13,15,22H2,(H,25,28). The van der Waals surface area contributed by atoms with Gasteiger partial charge in [0.15, 0.2) is 9.84 Å². The molecule has 0 aliphatic carbocycles. The molecule has 3 aliphatic heterocycles. The largest absolute Gasteiger partial charge is 0.364 e. The second-order valence-electron chi connectivity index (χ2n) is 8.11. The van der Waals surface area contributed by atoms with Crippen molar-refractivity contribution >= 4 is 21.6 Å². The predicted octanol–water partition coefficient (Wildman–Crippen LogP) is 0.0821. The molecule has 1 aromatic rings. The Morgan fingerprint density at radius 3 is 2.58 bits per heavy atom. The highest BCUT2D eigenvalue weighted by Gasteiger charge is 2.32. The van der Waals surface area contributed by atoms with Gasteiger partial charge < -0.3 is 21.7 Å². The lowest BCUT2D eigenvalue weighted by atomic mass is 10.1. The van der Waals surface area contributed by atoms with E-state index in [4.69, 9.17) is 5.73 Å². The molecule has 10 heteroatoms. The highest BCUT2D eigenvalue weighted by Crippen LogP contribution is 2.25. The van der Waals surface area contributed by atoms with Crippen LogP contribution in [0.5, 0.6) is 0 Å². The van der Waals surface area contributed by atoms with E-state index in [-0.39, 0.29) is 23.7 Å². The van der Waals surface area contributed by atoms with Crippen molar-refractivity contribution in [2.75, 3.05) is 49.1 Å². The van der Waals surface area contributed by atoms with Crippen LogP contribution in [0.3, 0.4) is 0 Å². The van der Waals surface area contributed by atoms with Crippen LogP contribution in [0.25, 0.3) is 0 Å². The van der Waals surface area contributed by atoms with Crippen LogP contribution in [0.15, 0.2) is 47.8 Å². The number of nitrogens with two attached hydrogens (primary N) is 1. The Morgan fingerprint density at radius 2 is 1.87 bits per heavy atom. The molecule has 1 unspecified atom stereocenters. The molecule has 0 saturated carbocycles. The Labute approximate surface area is 183 Å². The SMILES string of the molecule is NCCCNCc1ccc(N2C=C3C=C(CN4CCS(=O)(=O)CC4)NC3NC2=O)cc1. The van der Waals surface area contributed by atoms with Crippen LogP contribution in [0.1, 0.15) is 12.0 Å². The number of rotatable bonds is 8. The molecule has 31 heavy (non-hydrogen) atoms. The summed E-state index contributed by atoms with van der Waals surface area (Å²) in [5.41, 5.74) is 9.42. The number of carbonyl (C=O) groups excluding carboxylic acids is 1. The molecule has 3 aliphatic rings. The second kappa shape index (κ2) is 9.39. The number of anilines is 1. The average molecular weight is 447 g/mol. The molecule has 0 aromatic heterocycles. The minimum Gasteiger partial charge on any atom is -0.364 e. The number of fused-ring (bicyclic) bond motifs is 1.